The average molecular weight is 390 g/mol. The summed E-state index contributed by atoms with van der Waals surface area (Å²) in [6, 6.07) is 6.45. The molecule has 0 atom stereocenters. The Morgan fingerprint density at radius 3 is 2.43 bits per heavy atom. The van der Waals surface area contributed by atoms with E-state index in [1.807, 2.05) is 6.92 Å². The van der Waals surface area contributed by atoms with E-state index in [4.69, 9.17) is 5.11 Å². The van der Waals surface area contributed by atoms with Crippen LogP contribution in [0.5, 0.6) is 0 Å². The van der Waals surface area contributed by atoms with Crippen molar-refractivity contribution in [1.82, 2.24) is 0 Å². The van der Waals surface area contributed by atoms with Crippen LogP contribution in [0.1, 0.15) is 20.8 Å². The molecule has 0 aliphatic rings. The molecule has 0 amide bonds. The maximum atomic E-state index is 12.3. The fraction of sp³-hybridized carbons (Fsp3) is 0.154. The predicted molar refractivity (Wildman–Crippen MR) is 85.7 cm³/mol. The third-order valence-corrected chi connectivity index (χ3v) is 6.71. The number of thiophene rings is 1. The molecule has 0 spiro atoms. The maximum Gasteiger partial charge on any atom is 0.346 e. The molecular formula is C13H12BrNO4S2. The Balaban J connectivity index is 2.36. The van der Waals surface area contributed by atoms with E-state index in [2.05, 4.69) is 20.7 Å². The molecule has 21 heavy (non-hydrogen) atoms. The lowest BCUT2D eigenvalue weighted by molar-refractivity contribution is 0.0701. The number of carboxylic acids is 1. The van der Waals surface area contributed by atoms with Crippen molar-refractivity contribution in [2.24, 2.45) is 0 Å². The molecule has 2 aromatic rings. The standard InChI is InChI=1S/C13H12BrNO4S2/c1-7-3-4-9(6-10(7)14)15-21(18,19)11-5-8(2)12(20-11)13(16)17/h3-6,15H,1-2H3,(H,16,17). The molecule has 0 radical (unpaired) electrons. The number of hydrogen-bond acceptors (Lipinski definition) is 4. The number of carbonyl (C=O) groups is 1. The van der Waals surface area contributed by atoms with Gasteiger partial charge in [0.25, 0.3) is 10.0 Å². The van der Waals surface area contributed by atoms with E-state index in [0.29, 0.717) is 11.3 Å². The van der Waals surface area contributed by atoms with E-state index in [-0.39, 0.29) is 9.09 Å². The van der Waals surface area contributed by atoms with Crippen LogP contribution in [0, 0.1) is 13.8 Å². The van der Waals surface area contributed by atoms with Crippen molar-refractivity contribution in [3.8, 4) is 0 Å². The number of rotatable bonds is 4. The van der Waals surface area contributed by atoms with E-state index < -0.39 is 16.0 Å². The van der Waals surface area contributed by atoms with Gasteiger partial charge in [0.05, 0.1) is 0 Å². The van der Waals surface area contributed by atoms with Gasteiger partial charge in [0.2, 0.25) is 0 Å². The highest BCUT2D eigenvalue weighted by molar-refractivity contribution is 9.10. The van der Waals surface area contributed by atoms with Crippen molar-refractivity contribution in [1.29, 1.82) is 0 Å². The number of nitrogens with one attached hydrogen (secondary N) is 1. The van der Waals surface area contributed by atoms with Crippen LogP contribution in [-0.4, -0.2) is 19.5 Å². The van der Waals surface area contributed by atoms with Crippen molar-refractivity contribution in [3.63, 3.8) is 0 Å². The quantitative estimate of drug-likeness (QED) is 0.835. The van der Waals surface area contributed by atoms with Crippen LogP contribution in [0.3, 0.4) is 0 Å². The smallest absolute Gasteiger partial charge is 0.346 e. The molecule has 5 nitrogen and oxygen atoms in total. The first-order chi connectivity index (χ1) is 9.70. The molecular weight excluding hydrogens is 378 g/mol. The Morgan fingerprint density at radius 1 is 1.24 bits per heavy atom. The van der Waals surface area contributed by atoms with Crippen LogP contribution in [0.4, 0.5) is 5.69 Å². The molecule has 112 valence electrons. The lowest BCUT2D eigenvalue weighted by atomic mass is 10.2. The van der Waals surface area contributed by atoms with Gasteiger partial charge in [-0.25, -0.2) is 13.2 Å². The zero-order valence-electron chi connectivity index (χ0n) is 11.2. The van der Waals surface area contributed by atoms with E-state index >= 15 is 0 Å². The molecule has 1 aromatic heterocycles. The van der Waals surface area contributed by atoms with Crippen LogP contribution in [0.25, 0.3) is 0 Å². The van der Waals surface area contributed by atoms with E-state index in [0.717, 1.165) is 21.4 Å². The second kappa shape index (κ2) is 5.78. The highest BCUT2D eigenvalue weighted by Gasteiger charge is 2.21. The molecule has 2 N–H and O–H groups in total. The Bertz CT molecular complexity index is 812. The lowest BCUT2D eigenvalue weighted by Gasteiger charge is -2.07. The SMILES string of the molecule is Cc1ccc(NS(=O)(=O)c2cc(C)c(C(=O)O)s2)cc1Br. The summed E-state index contributed by atoms with van der Waals surface area (Å²) in [6.45, 7) is 3.46. The molecule has 0 fully saturated rings. The summed E-state index contributed by atoms with van der Waals surface area (Å²) in [6.07, 6.45) is 0. The minimum atomic E-state index is -3.79. The van der Waals surface area contributed by atoms with Crippen LogP contribution in [0.2, 0.25) is 0 Å². The number of anilines is 1. The van der Waals surface area contributed by atoms with Crippen molar-refractivity contribution in [3.05, 3.63) is 44.7 Å². The number of sulfonamides is 1. The van der Waals surface area contributed by atoms with E-state index in [1.54, 1.807) is 25.1 Å². The van der Waals surface area contributed by atoms with E-state index in [9.17, 15) is 13.2 Å². The summed E-state index contributed by atoms with van der Waals surface area (Å²) >= 11 is 4.07. The van der Waals surface area contributed by atoms with Gasteiger partial charge in [-0.3, -0.25) is 4.72 Å². The third kappa shape index (κ3) is 3.45. The number of aromatic carboxylic acids is 1. The van der Waals surface area contributed by atoms with Gasteiger partial charge in [0, 0.05) is 10.2 Å². The Kier molecular flexibility index (Phi) is 4.40. The van der Waals surface area contributed by atoms with Gasteiger partial charge in [-0.1, -0.05) is 22.0 Å². The average Bonchev–Trinajstić information content (AvgIpc) is 2.77. The van der Waals surface area contributed by atoms with E-state index in [1.165, 1.54) is 6.07 Å². The zero-order valence-corrected chi connectivity index (χ0v) is 14.4. The molecule has 2 rings (SSSR count). The van der Waals surface area contributed by atoms with Crippen LogP contribution in [-0.2, 0) is 10.0 Å². The molecule has 0 saturated heterocycles. The number of aryl methyl sites for hydroxylation is 2. The minimum Gasteiger partial charge on any atom is -0.477 e. The Labute approximate surface area is 134 Å². The van der Waals surface area contributed by atoms with Crippen LogP contribution < -0.4 is 4.72 Å². The van der Waals surface area contributed by atoms with Gasteiger partial charge in [0.1, 0.15) is 9.09 Å². The van der Waals surface area contributed by atoms with Crippen LogP contribution >= 0.6 is 27.3 Å². The highest BCUT2D eigenvalue weighted by Crippen LogP contribution is 2.28. The molecule has 0 aliphatic carbocycles. The molecule has 8 heteroatoms. The van der Waals surface area contributed by atoms with Crippen LogP contribution in [0.15, 0.2) is 32.9 Å². The van der Waals surface area contributed by atoms with Gasteiger partial charge in [-0.2, -0.15) is 0 Å². The molecule has 0 unspecified atom stereocenters. The summed E-state index contributed by atoms with van der Waals surface area (Å²) in [5.74, 6) is -1.13. The first-order valence-corrected chi connectivity index (χ1v) is 8.92. The van der Waals surface area contributed by atoms with Crippen molar-refractivity contribution < 1.29 is 18.3 Å². The van der Waals surface area contributed by atoms with Crippen molar-refractivity contribution >= 4 is 48.9 Å². The van der Waals surface area contributed by atoms with Gasteiger partial charge in [-0.05, 0) is 43.2 Å². The Morgan fingerprint density at radius 2 is 1.90 bits per heavy atom. The topological polar surface area (TPSA) is 83.5 Å². The summed E-state index contributed by atoms with van der Waals surface area (Å²) in [5.41, 5.74) is 1.83. The summed E-state index contributed by atoms with van der Waals surface area (Å²) < 4.78 is 27.8. The summed E-state index contributed by atoms with van der Waals surface area (Å²) in [4.78, 5) is 11.0. The summed E-state index contributed by atoms with van der Waals surface area (Å²) in [7, 11) is -3.79. The second-order valence-electron chi connectivity index (χ2n) is 4.45. The fourth-order valence-electron chi connectivity index (χ4n) is 1.66. The number of benzene rings is 1. The largest absolute Gasteiger partial charge is 0.477 e. The highest BCUT2D eigenvalue weighted by atomic mass is 79.9. The minimum absolute atomic E-state index is 0.0194. The van der Waals surface area contributed by atoms with Gasteiger partial charge in [0.15, 0.2) is 0 Å². The first kappa shape index (κ1) is 16.0. The molecule has 0 aliphatic heterocycles. The third-order valence-electron chi connectivity index (χ3n) is 2.78. The molecule has 1 aromatic carbocycles. The van der Waals surface area contributed by atoms with Gasteiger partial charge >= 0.3 is 5.97 Å². The first-order valence-electron chi connectivity index (χ1n) is 5.83. The zero-order chi connectivity index (χ0) is 15.8. The Hall–Kier alpha value is -1.38. The molecule has 0 bridgehead atoms. The normalized spacial score (nSPS) is 11.4. The lowest BCUT2D eigenvalue weighted by Crippen LogP contribution is -2.11. The monoisotopic (exact) mass is 389 g/mol. The van der Waals surface area contributed by atoms with Crippen molar-refractivity contribution in [2.75, 3.05) is 4.72 Å². The second-order valence-corrected chi connectivity index (χ2v) is 8.27. The maximum absolute atomic E-state index is 12.3. The fourth-order valence-corrected chi connectivity index (χ4v) is 4.47. The number of halogens is 1. The number of carboxylic acid groups (broad SMARTS) is 1. The molecule has 1 heterocycles. The summed E-state index contributed by atoms with van der Waals surface area (Å²) in [5, 5.41) is 8.99. The van der Waals surface area contributed by atoms with Gasteiger partial charge < -0.3 is 5.11 Å². The van der Waals surface area contributed by atoms with Gasteiger partial charge in [-0.15, -0.1) is 11.3 Å². The predicted octanol–water partition coefficient (Wildman–Crippen LogP) is 3.63. The number of hydrogen-bond donors (Lipinski definition) is 2. The molecule has 0 saturated carbocycles. The van der Waals surface area contributed by atoms with Crippen molar-refractivity contribution in [2.45, 2.75) is 18.1 Å².